The molecule has 4 aromatic rings. The molecule has 11 heteroatoms. The van der Waals surface area contributed by atoms with Gasteiger partial charge in [-0.15, -0.1) is 0 Å². The van der Waals surface area contributed by atoms with Crippen LogP contribution in [0.1, 0.15) is 26.7 Å². The first-order chi connectivity index (χ1) is 26.2. The lowest BCUT2D eigenvalue weighted by Gasteiger charge is -2.21. The third-order valence-electron chi connectivity index (χ3n) is 7.71. The number of hydrogen-bond donors (Lipinski definition) is 1. The number of carbonyl (C=O) groups is 4. The summed E-state index contributed by atoms with van der Waals surface area (Å²) in [5, 5.41) is 2.54. The minimum absolute atomic E-state index is 0.00387. The molecule has 0 saturated heterocycles. The van der Waals surface area contributed by atoms with Crippen LogP contribution in [0.2, 0.25) is 0 Å². The molecule has 0 aromatic heterocycles. The summed E-state index contributed by atoms with van der Waals surface area (Å²) in [6.45, 7) is 10.3. The van der Waals surface area contributed by atoms with Crippen LogP contribution in [0.15, 0.2) is 121 Å². The standard InChI is InChI=1S/C43H45NO10/c1-30(2)41(46)52-24-13-22-38(45)49-26-27-50-39-34(32-14-7-5-8-15-32)18-11-20-36(39)37-21-12-19-35(33-16-9-6-10-17-33)40(37)51-28-29-54-43(48)44-23-25-53-42(47)31(3)4/h5-12,14-21H,1,3,13,22-29H2,2,4H3,(H,44,48). The molecule has 54 heavy (non-hydrogen) atoms. The van der Waals surface area contributed by atoms with E-state index in [9.17, 15) is 19.2 Å². The van der Waals surface area contributed by atoms with Crippen molar-refractivity contribution in [2.45, 2.75) is 26.7 Å². The first kappa shape index (κ1) is 40.4. The molecule has 0 spiro atoms. The molecule has 282 valence electrons. The second-order valence-electron chi connectivity index (χ2n) is 12.0. The van der Waals surface area contributed by atoms with Gasteiger partial charge in [-0.1, -0.05) is 110 Å². The Morgan fingerprint density at radius 3 is 1.48 bits per heavy atom. The zero-order valence-electron chi connectivity index (χ0n) is 30.6. The van der Waals surface area contributed by atoms with Crippen molar-refractivity contribution in [2.24, 2.45) is 0 Å². The van der Waals surface area contributed by atoms with Gasteiger partial charge in [0.15, 0.2) is 0 Å². The van der Waals surface area contributed by atoms with Crippen LogP contribution in [-0.4, -0.2) is 70.2 Å². The highest BCUT2D eigenvalue weighted by Crippen LogP contribution is 2.45. The molecule has 0 bridgehead atoms. The van der Waals surface area contributed by atoms with Gasteiger partial charge in [-0.25, -0.2) is 14.4 Å². The Balaban J connectivity index is 1.52. The van der Waals surface area contributed by atoms with Crippen molar-refractivity contribution in [3.05, 3.63) is 121 Å². The van der Waals surface area contributed by atoms with E-state index >= 15 is 0 Å². The fourth-order valence-corrected chi connectivity index (χ4v) is 5.12. The molecular formula is C43H45NO10. The predicted molar refractivity (Wildman–Crippen MR) is 205 cm³/mol. The summed E-state index contributed by atoms with van der Waals surface area (Å²) in [7, 11) is 0. The van der Waals surface area contributed by atoms with Gasteiger partial charge in [0.25, 0.3) is 0 Å². The van der Waals surface area contributed by atoms with Crippen LogP contribution in [-0.2, 0) is 33.3 Å². The van der Waals surface area contributed by atoms with Gasteiger partial charge in [-0.05, 0) is 31.4 Å². The number of benzene rings is 4. The number of rotatable bonds is 20. The summed E-state index contributed by atoms with van der Waals surface area (Å²) in [4.78, 5) is 47.8. The fourth-order valence-electron chi connectivity index (χ4n) is 5.12. The van der Waals surface area contributed by atoms with Crippen molar-refractivity contribution in [3.8, 4) is 44.9 Å². The van der Waals surface area contributed by atoms with Crippen LogP contribution in [0.5, 0.6) is 11.5 Å². The number of ether oxygens (including phenoxy) is 6. The van der Waals surface area contributed by atoms with E-state index < -0.39 is 24.0 Å². The van der Waals surface area contributed by atoms with Crippen molar-refractivity contribution >= 4 is 24.0 Å². The summed E-state index contributed by atoms with van der Waals surface area (Å²) in [5.41, 5.74) is 5.50. The van der Waals surface area contributed by atoms with E-state index in [-0.39, 0.29) is 58.2 Å². The van der Waals surface area contributed by atoms with Gasteiger partial charge in [0.1, 0.15) is 44.5 Å². The molecule has 1 amide bonds. The van der Waals surface area contributed by atoms with Crippen LogP contribution in [0, 0.1) is 0 Å². The van der Waals surface area contributed by atoms with Crippen LogP contribution in [0.3, 0.4) is 0 Å². The Bertz CT molecular complexity index is 1770. The second kappa shape index (κ2) is 21.2. The van der Waals surface area contributed by atoms with Crippen molar-refractivity contribution in [1.82, 2.24) is 5.32 Å². The Labute approximate surface area is 315 Å². The lowest BCUT2D eigenvalue weighted by molar-refractivity contribution is -0.146. The molecule has 4 rings (SSSR count). The number of carbonyl (C=O) groups excluding carboxylic acids is 4. The molecule has 0 unspecified atom stereocenters. The Morgan fingerprint density at radius 2 is 0.981 bits per heavy atom. The SMILES string of the molecule is C=C(C)C(=O)OCCCC(=O)OCCOc1c(-c2ccccc2)cccc1-c1cccc(-c2ccccc2)c1OCCOC(=O)NCCOC(=O)C(=C)C. The summed E-state index contributed by atoms with van der Waals surface area (Å²) in [6, 6.07) is 31.2. The topological polar surface area (TPSA) is 136 Å². The highest BCUT2D eigenvalue weighted by molar-refractivity contribution is 5.89. The predicted octanol–water partition coefficient (Wildman–Crippen LogP) is 7.73. The summed E-state index contributed by atoms with van der Waals surface area (Å²) < 4.78 is 33.6. The van der Waals surface area contributed by atoms with Gasteiger partial charge in [0.05, 0.1) is 13.2 Å². The number of alkyl carbamates (subject to hydrolysis) is 1. The van der Waals surface area contributed by atoms with Crippen molar-refractivity contribution in [3.63, 3.8) is 0 Å². The zero-order valence-corrected chi connectivity index (χ0v) is 30.6. The number of esters is 3. The molecule has 4 aromatic carbocycles. The molecule has 0 fully saturated rings. The molecule has 0 radical (unpaired) electrons. The van der Waals surface area contributed by atoms with Gasteiger partial charge in [0, 0.05) is 39.8 Å². The van der Waals surface area contributed by atoms with E-state index in [2.05, 4.69) is 18.5 Å². The molecule has 0 aliphatic rings. The average Bonchev–Trinajstić information content (AvgIpc) is 3.18. The van der Waals surface area contributed by atoms with Crippen LogP contribution in [0.25, 0.3) is 33.4 Å². The quantitative estimate of drug-likeness (QED) is 0.0416. The number of hydrogen-bond acceptors (Lipinski definition) is 10. The van der Waals surface area contributed by atoms with Crippen LogP contribution < -0.4 is 14.8 Å². The average molecular weight is 736 g/mol. The van der Waals surface area contributed by atoms with Crippen molar-refractivity contribution in [2.75, 3.05) is 46.2 Å². The van der Waals surface area contributed by atoms with Gasteiger partial charge in [0.2, 0.25) is 0 Å². The van der Waals surface area contributed by atoms with E-state index in [1.54, 1.807) is 6.92 Å². The van der Waals surface area contributed by atoms with Crippen LogP contribution >= 0.6 is 0 Å². The molecule has 0 aliphatic heterocycles. The first-order valence-corrected chi connectivity index (χ1v) is 17.5. The maximum Gasteiger partial charge on any atom is 0.407 e. The number of amides is 1. The van der Waals surface area contributed by atoms with E-state index in [0.29, 0.717) is 23.5 Å². The molecule has 1 N–H and O–H groups in total. The third-order valence-corrected chi connectivity index (χ3v) is 7.71. The highest BCUT2D eigenvalue weighted by atomic mass is 16.6. The van der Waals surface area contributed by atoms with E-state index in [4.69, 9.17) is 28.4 Å². The number of nitrogens with one attached hydrogen (secondary N) is 1. The van der Waals surface area contributed by atoms with Crippen molar-refractivity contribution < 1.29 is 47.6 Å². The molecule has 0 atom stereocenters. The monoisotopic (exact) mass is 735 g/mol. The Hall–Kier alpha value is -6.36. The largest absolute Gasteiger partial charge is 0.489 e. The summed E-state index contributed by atoms with van der Waals surface area (Å²) in [6.07, 6.45) is -0.277. The first-order valence-electron chi connectivity index (χ1n) is 17.5. The summed E-state index contributed by atoms with van der Waals surface area (Å²) >= 11 is 0. The molecule has 0 saturated carbocycles. The van der Waals surface area contributed by atoms with Gasteiger partial charge < -0.3 is 33.7 Å². The van der Waals surface area contributed by atoms with Gasteiger partial charge in [-0.3, -0.25) is 4.79 Å². The molecule has 0 aliphatic carbocycles. The van der Waals surface area contributed by atoms with E-state index in [1.165, 1.54) is 6.92 Å². The molecule has 0 heterocycles. The lowest BCUT2D eigenvalue weighted by Crippen LogP contribution is -2.29. The smallest absolute Gasteiger partial charge is 0.407 e. The van der Waals surface area contributed by atoms with E-state index in [1.807, 2.05) is 97.1 Å². The minimum Gasteiger partial charge on any atom is -0.489 e. The molecular weight excluding hydrogens is 690 g/mol. The van der Waals surface area contributed by atoms with Gasteiger partial charge >= 0.3 is 24.0 Å². The third kappa shape index (κ3) is 12.4. The maximum absolute atomic E-state index is 12.4. The fraction of sp³-hybridized carbons (Fsp3) is 0.256. The zero-order chi connectivity index (χ0) is 38.7. The number of para-hydroxylation sites is 2. The Morgan fingerprint density at radius 1 is 0.519 bits per heavy atom. The maximum atomic E-state index is 12.4. The minimum atomic E-state index is -0.681. The highest BCUT2D eigenvalue weighted by Gasteiger charge is 2.20. The lowest BCUT2D eigenvalue weighted by atomic mass is 9.93. The van der Waals surface area contributed by atoms with E-state index in [0.717, 1.165) is 33.4 Å². The Kier molecular flexibility index (Phi) is 15.9. The second-order valence-corrected chi connectivity index (χ2v) is 12.0. The summed E-state index contributed by atoms with van der Waals surface area (Å²) in [5.74, 6) is -0.362. The van der Waals surface area contributed by atoms with Crippen LogP contribution in [0.4, 0.5) is 4.79 Å². The van der Waals surface area contributed by atoms with Gasteiger partial charge in [-0.2, -0.15) is 0 Å². The normalized spacial score (nSPS) is 10.4. The van der Waals surface area contributed by atoms with Crippen molar-refractivity contribution in [1.29, 1.82) is 0 Å². The molecule has 11 nitrogen and oxygen atoms in total.